The number of hydrogen-bond donors (Lipinski definition) is 2. The molecule has 0 bridgehead atoms. The van der Waals surface area contributed by atoms with Crippen molar-refractivity contribution in [1.82, 2.24) is 15.0 Å². The first-order valence-electron chi connectivity index (χ1n) is 4.89. The van der Waals surface area contributed by atoms with Crippen molar-refractivity contribution in [3.8, 4) is 0 Å². The summed E-state index contributed by atoms with van der Waals surface area (Å²) in [5.41, 5.74) is 1.04. The van der Waals surface area contributed by atoms with Crippen molar-refractivity contribution in [3.63, 3.8) is 0 Å². The molecule has 0 radical (unpaired) electrons. The molecule has 0 aliphatic rings. The second kappa shape index (κ2) is 5.58. The quantitative estimate of drug-likeness (QED) is 0.849. The first-order valence-corrected chi connectivity index (χ1v) is 6.03. The van der Waals surface area contributed by atoms with Crippen LogP contribution in [0.4, 0.5) is 5.82 Å². The molecular formula is C10H9Cl3N4. The minimum absolute atomic E-state index is 0.236. The summed E-state index contributed by atoms with van der Waals surface area (Å²) in [6.45, 7) is 0.673. The SMILES string of the molecule is Clc1cc(Cl)c(NCCc2cnc[nH]2)nc1Cl. The molecule has 0 aliphatic carbocycles. The number of rotatable bonds is 4. The topological polar surface area (TPSA) is 53.6 Å². The summed E-state index contributed by atoms with van der Waals surface area (Å²) in [4.78, 5) is 11.0. The largest absolute Gasteiger partial charge is 0.368 e. The maximum absolute atomic E-state index is 5.97. The van der Waals surface area contributed by atoms with Gasteiger partial charge in [0.25, 0.3) is 0 Å². The van der Waals surface area contributed by atoms with E-state index in [2.05, 4.69) is 20.3 Å². The van der Waals surface area contributed by atoms with Gasteiger partial charge in [-0.15, -0.1) is 0 Å². The van der Waals surface area contributed by atoms with E-state index < -0.39 is 0 Å². The number of aromatic nitrogens is 3. The lowest BCUT2D eigenvalue weighted by Gasteiger charge is -2.07. The van der Waals surface area contributed by atoms with Gasteiger partial charge in [0, 0.05) is 24.9 Å². The fourth-order valence-electron chi connectivity index (χ4n) is 1.31. The summed E-state index contributed by atoms with van der Waals surface area (Å²) in [7, 11) is 0. The van der Waals surface area contributed by atoms with Crippen LogP contribution in [0.5, 0.6) is 0 Å². The zero-order chi connectivity index (χ0) is 12.3. The van der Waals surface area contributed by atoms with Crippen LogP contribution in [0.25, 0.3) is 0 Å². The third kappa shape index (κ3) is 3.25. The fourth-order valence-corrected chi connectivity index (χ4v) is 1.87. The molecule has 0 aliphatic heterocycles. The summed E-state index contributed by atoms with van der Waals surface area (Å²) >= 11 is 17.6. The molecule has 2 N–H and O–H groups in total. The minimum Gasteiger partial charge on any atom is -0.368 e. The van der Waals surface area contributed by atoms with E-state index in [1.54, 1.807) is 18.6 Å². The van der Waals surface area contributed by atoms with Gasteiger partial charge in [0.1, 0.15) is 11.0 Å². The van der Waals surface area contributed by atoms with Gasteiger partial charge in [-0.2, -0.15) is 0 Å². The number of hydrogen-bond acceptors (Lipinski definition) is 3. The van der Waals surface area contributed by atoms with Crippen molar-refractivity contribution in [2.24, 2.45) is 0 Å². The Morgan fingerprint density at radius 3 is 2.76 bits per heavy atom. The van der Waals surface area contributed by atoms with E-state index in [1.165, 1.54) is 0 Å². The van der Waals surface area contributed by atoms with Crippen molar-refractivity contribution in [2.45, 2.75) is 6.42 Å². The Balaban J connectivity index is 1.97. The van der Waals surface area contributed by atoms with Crippen LogP contribution in [0.3, 0.4) is 0 Å². The number of H-pyrrole nitrogens is 1. The Hall–Kier alpha value is -0.970. The monoisotopic (exact) mass is 290 g/mol. The molecular weight excluding hydrogens is 282 g/mol. The number of nitrogens with zero attached hydrogens (tertiary/aromatic N) is 2. The third-order valence-electron chi connectivity index (χ3n) is 2.13. The van der Waals surface area contributed by atoms with Gasteiger partial charge < -0.3 is 10.3 Å². The van der Waals surface area contributed by atoms with Crippen molar-refractivity contribution < 1.29 is 0 Å². The molecule has 4 nitrogen and oxygen atoms in total. The Morgan fingerprint density at radius 1 is 1.24 bits per heavy atom. The Kier molecular flexibility index (Phi) is 4.10. The standard InChI is InChI=1S/C10H9Cl3N4/c11-7-3-8(12)10(17-9(7)13)15-2-1-6-4-14-5-16-6/h3-5H,1-2H2,(H,14,16)(H,15,17). The number of nitrogens with one attached hydrogen (secondary N) is 2. The van der Waals surface area contributed by atoms with E-state index in [0.29, 0.717) is 22.4 Å². The summed E-state index contributed by atoms with van der Waals surface area (Å²) < 4.78 is 0. The molecule has 2 aromatic heterocycles. The molecule has 0 saturated carbocycles. The van der Waals surface area contributed by atoms with Crippen LogP contribution in [-0.4, -0.2) is 21.5 Å². The van der Waals surface area contributed by atoms with Crippen LogP contribution in [-0.2, 0) is 6.42 Å². The summed E-state index contributed by atoms with van der Waals surface area (Å²) in [6, 6.07) is 1.57. The molecule has 17 heavy (non-hydrogen) atoms. The maximum atomic E-state index is 5.97. The van der Waals surface area contributed by atoms with Crippen LogP contribution >= 0.6 is 34.8 Å². The van der Waals surface area contributed by atoms with E-state index in [1.807, 2.05) is 0 Å². The predicted molar refractivity (Wildman–Crippen MR) is 70.0 cm³/mol. The highest BCUT2D eigenvalue weighted by Gasteiger charge is 2.07. The molecule has 0 spiro atoms. The highest BCUT2D eigenvalue weighted by atomic mass is 35.5. The van der Waals surface area contributed by atoms with Gasteiger partial charge in [-0.25, -0.2) is 9.97 Å². The van der Waals surface area contributed by atoms with Crippen molar-refractivity contribution in [3.05, 3.63) is 39.5 Å². The van der Waals surface area contributed by atoms with Gasteiger partial charge in [0.2, 0.25) is 0 Å². The van der Waals surface area contributed by atoms with Crippen molar-refractivity contribution in [1.29, 1.82) is 0 Å². The van der Waals surface area contributed by atoms with Gasteiger partial charge >= 0.3 is 0 Å². The Labute approximate surface area is 113 Å². The average molecular weight is 292 g/mol. The van der Waals surface area contributed by atoms with Gasteiger partial charge in [0.05, 0.1) is 16.4 Å². The zero-order valence-corrected chi connectivity index (χ0v) is 10.9. The molecule has 90 valence electrons. The highest BCUT2D eigenvalue weighted by molar-refractivity contribution is 6.42. The molecule has 2 heterocycles. The second-order valence-electron chi connectivity index (χ2n) is 3.35. The minimum atomic E-state index is 0.236. The van der Waals surface area contributed by atoms with Gasteiger partial charge in [-0.05, 0) is 6.07 Å². The third-order valence-corrected chi connectivity index (χ3v) is 3.09. The van der Waals surface area contributed by atoms with E-state index in [0.717, 1.165) is 12.1 Å². The molecule has 2 rings (SSSR count). The zero-order valence-electron chi connectivity index (χ0n) is 8.67. The first-order chi connectivity index (χ1) is 8.16. The number of anilines is 1. The summed E-state index contributed by atoms with van der Waals surface area (Å²) in [5, 5.41) is 4.11. The molecule has 0 saturated heterocycles. The van der Waals surface area contributed by atoms with Crippen molar-refractivity contribution >= 4 is 40.6 Å². The Bertz CT molecular complexity index is 499. The lowest BCUT2D eigenvalue weighted by atomic mass is 10.3. The molecule has 0 aromatic carbocycles. The molecule has 2 aromatic rings. The molecule has 0 atom stereocenters. The van der Waals surface area contributed by atoms with Crippen LogP contribution in [0.1, 0.15) is 5.69 Å². The molecule has 7 heteroatoms. The highest BCUT2D eigenvalue weighted by Crippen LogP contribution is 2.28. The number of imidazole rings is 1. The van der Waals surface area contributed by atoms with Gasteiger partial charge in [0.15, 0.2) is 0 Å². The lowest BCUT2D eigenvalue weighted by Crippen LogP contribution is -2.07. The van der Waals surface area contributed by atoms with Gasteiger partial charge in [-0.1, -0.05) is 34.8 Å². The molecule has 0 fully saturated rings. The van der Waals surface area contributed by atoms with Crippen LogP contribution in [0, 0.1) is 0 Å². The number of pyridine rings is 1. The second-order valence-corrected chi connectivity index (χ2v) is 4.52. The summed E-state index contributed by atoms with van der Waals surface area (Å²) in [6.07, 6.45) is 4.20. The van der Waals surface area contributed by atoms with E-state index >= 15 is 0 Å². The first kappa shape index (κ1) is 12.5. The normalized spacial score (nSPS) is 10.5. The van der Waals surface area contributed by atoms with E-state index in [9.17, 15) is 0 Å². The number of aromatic amines is 1. The van der Waals surface area contributed by atoms with Crippen LogP contribution < -0.4 is 5.32 Å². The predicted octanol–water partition coefficient (Wildman–Crippen LogP) is 3.42. The fraction of sp³-hybridized carbons (Fsp3) is 0.200. The van der Waals surface area contributed by atoms with E-state index in [-0.39, 0.29) is 5.15 Å². The smallest absolute Gasteiger partial charge is 0.150 e. The van der Waals surface area contributed by atoms with Crippen LogP contribution in [0.2, 0.25) is 15.2 Å². The van der Waals surface area contributed by atoms with Gasteiger partial charge in [-0.3, -0.25) is 0 Å². The summed E-state index contributed by atoms with van der Waals surface area (Å²) in [5.74, 6) is 0.528. The maximum Gasteiger partial charge on any atom is 0.150 e. The molecule has 0 unspecified atom stereocenters. The Morgan fingerprint density at radius 2 is 2.06 bits per heavy atom. The lowest BCUT2D eigenvalue weighted by molar-refractivity contribution is 0.968. The average Bonchev–Trinajstić information content (AvgIpc) is 2.78. The van der Waals surface area contributed by atoms with Crippen molar-refractivity contribution in [2.75, 3.05) is 11.9 Å². The number of halogens is 3. The molecule has 0 amide bonds. The van der Waals surface area contributed by atoms with Crippen LogP contribution in [0.15, 0.2) is 18.6 Å². The van der Waals surface area contributed by atoms with E-state index in [4.69, 9.17) is 34.8 Å².